The molecule has 1 aliphatic rings. The van der Waals surface area contributed by atoms with E-state index in [0.717, 1.165) is 16.8 Å². The molecule has 3 aromatic rings. The van der Waals surface area contributed by atoms with E-state index < -0.39 is 0 Å². The Hall–Kier alpha value is -3.67. The molecule has 1 saturated heterocycles. The molecule has 1 aliphatic heterocycles. The van der Waals surface area contributed by atoms with Crippen LogP contribution in [0, 0.1) is 19.8 Å². The maximum Gasteiger partial charge on any atom is 0.229 e. The summed E-state index contributed by atoms with van der Waals surface area (Å²) in [5.74, 6) is 0.795. The second-order valence-corrected chi connectivity index (χ2v) is 7.42. The first kappa shape index (κ1) is 19.6. The molecule has 6 nitrogen and oxygen atoms in total. The fraction of sp³-hybridized carbons (Fsp3) is 0.208. The minimum Gasteiger partial charge on any atom is -0.457 e. The van der Waals surface area contributed by atoms with Gasteiger partial charge in [0, 0.05) is 36.7 Å². The molecular weight excluding hydrogens is 378 g/mol. The third-order valence-electron chi connectivity index (χ3n) is 5.37. The van der Waals surface area contributed by atoms with Gasteiger partial charge in [0.05, 0.1) is 5.92 Å². The Bertz CT molecular complexity index is 1060. The van der Waals surface area contributed by atoms with Crippen molar-refractivity contribution in [3.8, 4) is 11.5 Å². The van der Waals surface area contributed by atoms with E-state index in [0.29, 0.717) is 23.7 Å². The van der Waals surface area contributed by atoms with Gasteiger partial charge in [-0.3, -0.25) is 14.6 Å². The average molecular weight is 401 g/mol. The first-order valence-corrected chi connectivity index (χ1v) is 9.86. The van der Waals surface area contributed by atoms with Crippen molar-refractivity contribution in [1.82, 2.24) is 4.98 Å². The van der Waals surface area contributed by atoms with Gasteiger partial charge in [0.15, 0.2) is 0 Å². The number of nitrogens with zero attached hydrogens (tertiary/aromatic N) is 2. The quantitative estimate of drug-likeness (QED) is 0.684. The SMILES string of the molecule is Cc1cccc(N2CC(C(=O)Nc3ccc(Oc4ccncc4)cc3)CC2=O)c1C. The molecule has 6 heteroatoms. The van der Waals surface area contributed by atoms with Gasteiger partial charge in [-0.25, -0.2) is 0 Å². The first-order valence-electron chi connectivity index (χ1n) is 9.86. The van der Waals surface area contributed by atoms with Crippen molar-refractivity contribution in [3.05, 3.63) is 78.1 Å². The molecule has 1 atom stereocenters. The van der Waals surface area contributed by atoms with Crippen LogP contribution in [-0.2, 0) is 9.59 Å². The number of benzene rings is 2. The van der Waals surface area contributed by atoms with Gasteiger partial charge in [0.1, 0.15) is 11.5 Å². The van der Waals surface area contributed by atoms with Crippen LogP contribution in [0.25, 0.3) is 0 Å². The number of rotatable bonds is 5. The van der Waals surface area contributed by atoms with Crippen molar-refractivity contribution in [1.29, 1.82) is 0 Å². The normalized spacial score (nSPS) is 15.9. The molecular formula is C24H23N3O3. The molecule has 152 valence electrons. The van der Waals surface area contributed by atoms with E-state index >= 15 is 0 Å². The molecule has 1 aromatic heterocycles. The molecule has 1 N–H and O–H groups in total. The Labute approximate surface area is 175 Å². The predicted octanol–water partition coefficient (Wildman–Crippen LogP) is 4.48. The highest BCUT2D eigenvalue weighted by Gasteiger charge is 2.35. The third kappa shape index (κ3) is 4.17. The number of aryl methyl sites for hydroxylation is 1. The van der Waals surface area contributed by atoms with Crippen LogP contribution in [0.5, 0.6) is 11.5 Å². The highest BCUT2D eigenvalue weighted by molar-refractivity contribution is 6.03. The lowest BCUT2D eigenvalue weighted by atomic mass is 10.1. The van der Waals surface area contributed by atoms with Gasteiger partial charge in [-0.2, -0.15) is 0 Å². The zero-order chi connectivity index (χ0) is 21.1. The lowest BCUT2D eigenvalue weighted by Gasteiger charge is -2.20. The van der Waals surface area contributed by atoms with E-state index in [1.165, 1.54) is 0 Å². The maximum absolute atomic E-state index is 12.7. The van der Waals surface area contributed by atoms with Crippen LogP contribution in [-0.4, -0.2) is 23.3 Å². The summed E-state index contributed by atoms with van der Waals surface area (Å²) >= 11 is 0. The number of hydrogen-bond acceptors (Lipinski definition) is 4. The summed E-state index contributed by atoms with van der Waals surface area (Å²) in [5.41, 5.74) is 3.74. The second kappa shape index (κ2) is 8.37. The molecule has 2 aromatic carbocycles. The van der Waals surface area contributed by atoms with Gasteiger partial charge >= 0.3 is 0 Å². The monoisotopic (exact) mass is 401 g/mol. The molecule has 0 saturated carbocycles. The molecule has 1 unspecified atom stereocenters. The fourth-order valence-corrected chi connectivity index (χ4v) is 3.54. The van der Waals surface area contributed by atoms with Crippen molar-refractivity contribution < 1.29 is 14.3 Å². The summed E-state index contributed by atoms with van der Waals surface area (Å²) in [6.07, 6.45) is 3.53. The zero-order valence-electron chi connectivity index (χ0n) is 17.0. The number of anilines is 2. The number of aromatic nitrogens is 1. The van der Waals surface area contributed by atoms with Gasteiger partial charge in [-0.1, -0.05) is 12.1 Å². The number of ether oxygens (including phenoxy) is 1. The van der Waals surface area contributed by atoms with Crippen LogP contribution in [0.1, 0.15) is 17.5 Å². The molecule has 0 radical (unpaired) electrons. The largest absolute Gasteiger partial charge is 0.457 e. The lowest BCUT2D eigenvalue weighted by Crippen LogP contribution is -2.28. The highest BCUT2D eigenvalue weighted by Crippen LogP contribution is 2.30. The van der Waals surface area contributed by atoms with Gasteiger partial charge < -0.3 is 15.0 Å². The Balaban J connectivity index is 1.39. The van der Waals surface area contributed by atoms with Crippen molar-refractivity contribution in [2.45, 2.75) is 20.3 Å². The van der Waals surface area contributed by atoms with E-state index in [2.05, 4.69) is 10.3 Å². The standard InChI is InChI=1S/C24H23N3O3/c1-16-4-3-5-22(17(16)2)27-15-18(14-23(27)28)24(29)26-19-6-8-20(9-7-19)30-21-10-12-25-13-11-21/h3-13,18H,14-15H2,1-2H3,(H,26,29). The van der Waals surface area contributed by atoms with E-state index in [1.54, 1.807) is 53.7 Å². The van der Waals surface area contributed by atoms with Crippen LogP contribution in [0.4, 0.5) is 11.4 Å². The molecule has 2 amide bonds. The number of amides is 2. The second-order valence-electron chi connectivity index (χ2n) is 7.42. The minimum atomic E-state index is -0.384. The Morgan fingerprint density at radius 3 is 2.47 bits per heavy atom. The number of carbonyl (C=O) groups excluding carboxylic acids is 2. The molecule has 0 bridgehead atoms. The summed E-state index contributed by atoms with van der Waals surface area (Å²) in [6, 6.07) is 16.6. The summed E-state index contributed by atoms with van der Waals surface area (Å²) in [5, 5.41) is 2.91. The number of pyridine rings is 1. The zero-order valence-corrected chi connectivity index (χ0v) is 17.0. The van der Waals surface area contributed by atoms with Gasteiger partial charge in [-0.15, -0.1) is 0 Å². The van der Waals surface area contributed by atoms with Crippen LogP contribution < -0.4 is 15.0 Å². The highest BCUT2D eigenvalue weighted by atomic mass is 16.5. The summed E-state index contributed by atoms with van der Waals surface area (Å²) in [7, 11) is 0. The Morgan fingerprint density at radius 1 is 1.03 bits per heavy atom. The third-order valence-corrected chi connectivity index (χ3v) is 5.37. The predicted molar refractivity (Wildman–Crippen MR) is 116 cm³/mol. The van der Waals surface area contributed by atoms with E-state index in [-0.39, 0.29) is 24.2 Å². The van der Waals surface area contributed by atoms with Gasteiger partial charge in [-0.05, 0) is 67.4 Å². The minimum absolute atomic E-state index is 0.0232. The Kier molecular flexibility index (Phi) is 5.48. The maximum atomic E-state index is 12.7. The van der Waals surface area contributed by atoms with Crippen LogP contribution in [0.3, 0.4) is 0 Å². The average Bonchev–Trinajstić information content (AvgIpc) is 3.14. The summed E-state index contributed by atoms with van der Waals surface area (Å²) in [6.45, 7) is 4.41. The van der Waals surface area contributed by atoms with Crippen molar-refractivity contribution >= 4 is 23.2 Å². The smallest absolute Gasteiger partial charge is 0.229 e. The molecule has 0 spiro atoms. The molecule has 30 heavy (non-hydrogen) atoms. The lowest BCUT2D eigenvalue weighted by molar-refractivity contribution is -0.122. The topological polar surface area (TPSA) is 71.5 Å². The Morgan fingerprint density at radius 2 is 1.73 bits per heavy atom. The molecule has 0 aliphatic carbocycles. The van der Waals surface area contributed by atoms with Crippen molar-refractivity contribution in [3.63, 3.8) is 0 Å². The van der Waals surface area contributed by atoms with Gasteiger partial charge in [0.25, 0.3) is 0 Å². The number of hydrogen-bond donors (Lipinski definition) is 1. The van der Waals surface area contributed by atoms with Crippen molar-refractivity contribution in [2.75, 3.05) is 16.8 Å². The van der Waals surface area contributed by atoms with Crippen LogP contribution in [0.15, 0.2) is 67.0 Å². The first-order chi connectivity index (χ1) is 14.5. The summed E-state index contributed by atoms with van der Waals surface area (Å²) < 4.78 is 5.73. The number of nitrogens with one attached hydrogen (secondary N) is 1. The summed E-state index contributed by atoms with van der Waals surface area (Å²) in [4.78, 5) is 31.0. The fourth-order valence-electron chi connectivity index (χ4n) is 3.54. The van der Waals surface area contributed by atoms with Crippen molar-refractivity contribution in [2.24, 2.45) is 5.92 Å². The van der Waals surface area contributed by atoms with E-state index in [1.807, 2.05) is 32.0 Å². The molecule has 4 rings (SSSR count). The van der Waals surface area contributed by atoms with Gasteiger partial charge in [0.2, 0.25) is 11.8 Å². The number of carbonyl (C=O) groups is 2. The van der Waals surface area contributed by atoms with E-state index in [9.17, 15) is 9.59 Å². The van der Waals surface area contributed by atoms with Crippen LogP contribution >= 0.6 is 0 Å². The van der Waals surface area contributed by atoms with E-state index in [4.69, 9.17) is 4.74 Å². The molecule has 2 heterocycles. The molecule has 1 fully saturated rings. The van der Waals surface area contributed by atoms with Crippen LogP contribution in [0.2, 0.25) is 0 Å².